The monoisotopic (exact) mass is 704 g/mol. The minimum absolute atomic E-state index is 0.446. The van der Waals surface area contributed by atoms with Crippen LogP contribution in [-0.4, -0.2) is 62.7 Å². The van der Waals surface area contributed by atoms with Crippen molar-refractivity contribution in [2.75, 3.05) is 37.0 Å². The number of rotatable bonds is 9. The van der Waals surface area contributed by atoms with Crippen molar-refractivity contribution in [2.45, 2.75) is 80.8 Å². The van der Waals surface area contributed by atoms with Crippen LogP contribution in [0.4, 0.5) is 0 Å². The molecule has 0 N–H and O–H groups in total. The molecule has 0 rings (SSSR count). The Morgan fingerprint density at radius 1 is 0.679 bits per heavy atom. The van der Waals surface area contributed by atoms with Gasteiger partial charge >= 0.3 is 28.2 Å². The van der Waals surface area contributed by atoms with Gasteiger partial charge in [-0.15, -0.1) is 15.8 Å². The van der Waals surface area contributed by atoms with Gasteiger partial charge in [0, 0.05) is 0 Å². The predicted octanol–water partition coefficient (Wildman–Crippen LogP) is 9.44. The summed E-state index contributed by atoms with van der Waals surface area (Å²) < 4.78 is 2.56. The molecule has 0 spiro atoms. The van der Waals surface area contributed by atoms with Crippen molar-refractivity contribution in [3.05, 3.63) is 0 Å². The minimum atomic E-state index is -1.21. The molecule has 0 fully saturated rings. The summed E-state index contributed by atoms with van der Waals surface area (Å²) in [7, 11) is 4.16. The van der Waals surface area contributed by atoms with E-state index in [4.69, 9.17) is 11.6 Å². The maximum atomic E-state index is 5.55. The van der Waals surface area contributed by atoms with E-state index in [0.29, 0.717) is 15.8 Å². The molecule has 0 heterocycles. The fourth-order valence-corrected chi connectivity index (χ4v) is 16.8. The van der Waals surface area contributed by atoms with Crippen LogP contribution in [0.3, 0.4) is 0 Å². The Labute approximate surface area is 206 Å². The molecule has 28 heavy (non-hydrogen) atoms. The Kier molecular flexibility index (Phi) is 33.0. The summed E-state index contributed by atoms with van der Waals surface area (Å²) in [5, 5.41) is 2.72. The van der Waals surface area contributed by atoms with Crippen LogP contribution in [-0.2, 0) is 18.8 Å². The molecule has 0 aliphatic carbocycles. The molecule has 0 aliphatic heterocycles. The summed E-state index contributed by atoms with van der Waals surface area (Å²) in [6, 6.07) is 0. The van der Waals surface area contributed by atoms with Gasteiger partial charge in [-0.3, -0.25) is 0 Å². The van der Waals surface area contributed by atoms with Gasteiger partial charge in [0.2, 0.25) is 0 Å². The van der Waals surface area contributed by atoms with E-state index in [1.807, 2.05) is 0 Å². The second-order valence-electron chi connectivity index (χ2n) is 8.08. The Bertz CT molecular complexity index is 297. The first-order chi connectivity index (χ1) is 12.9. The molecule has 0 aliphatic rings. The first-order valence-electron chi connectivity index (χ1n) is 10.3. The molecule has 0 aromatic rings. The van der Waals surface area contributed by atoms with Crippen LogP contribution in [0.25, 0.3) is 0 Å². The zero-order chi connectivity index (χ0) is 23.4. The van der Waals surface area contributed by atoms with Crippen LogP contribution in [0, 0.1) is 0 Å². The standard InChI is InChI=1S/C7H18ClNPSi2.2C6H15P.ClH.Pt/c1-11(2,3)9(10-7-8)12(4,5)6;2*1-4-7(5-2)6-3;;/h1-6H3;2*4-6H2,1-3H3;1H;/q-1;;;;+2/p-1. The summed E-state index contributed by atoms with van der Waals surface area (Å²) in [5.41, 5.74) is 0. The molecule has 176 valence electrons. The van der Waals surface area contributed by atoms with Crippen molar-refractivity contribution in [1.82, 2.24) is 4.00 Å². The molecule has 0 aromatic heterocycles. The van der Waals surface area contributed by atoms with Crippen molar-refractivity contribution in [3.63, 3.8) is 0 Å². The molecule has 0 amide bonds. The first kappa shape index (κ1) is 38.0. The number of halogens is 2. The molecular weight excluding hydrogens is 657 g/mol. The molecule has 0 atom stereocenters. The summed E-state index contributed by atoms with van der Waals surface area (Å²) in [6.45, 7) is 27.9. The van der Waals surface area contributed by atoms with E-state index in [9.17, 15) is 0 Å². The first-order valence-corrected chi connectivity index (χ1v) is 25.0. The zero-order valence-corrected chi connectivity index (χ0v) is 29.1. The van der Waals surface area contributed by atoms with Gasteiger partial charge in [0.25, 0.3) is 0 Å². The summed E-state index contributed by atoms with van der Waals surface area (Å²) in [4.78, 5) is 0. The third-order valence-electron chi connectivity index (χ3n) is 4.09. The van der Waals surface area contributed by atoms with Crippen LogP contribution >= 0.6 is 45.2 Å². The second-order valence-corrected chi connectivity index (χ2v) is 26.6. The molecule has 0 radical (unpaired) electrons. The van der Waals surface area contributed by atoms with E-state index in [-0.39, 0.29) is 0 Å². The zero-order valence-electron chi connectivity index (χ0n) is 20.6. The average Bonchev–Trinajstić information content (AvgIpc) is 2.63. The fraction of sp³-hybridized carbons (Fsp3) is 0.947. The normalized spacial score (nSPS) is 11.7. The van der Waals surface area contributed by atoms with Crippen LogP contribution in [0.5, 0.6) is 0 Å². The summed E-state index contributed by atoms with van der Waals surface area (Å²) in [6.07, 6.45) is 8.51. The molecule has 9 heteroatoms. The average molecular weight is 706 g/mol. The Morgan fingerprint density at radius 2 is 0.893 bits per heavy atom. The molecule has 0 unspecified atom stereocenters. The number of hydrogen-bond donors (Lipinski definition) is 0. The Morgan fingerprint density at radius 3 is 0.929 bits per heavy atom. The SMILES string of the molecule is CCP(CC)CC.CCP(CC)CC.C[Si](C)(C)N(P=[C-]Cl)[Si](C)(C)C.[Cl][Pt+]. The predicted molar refractivity (Wildman–Crippen MR) is 149 cm³/mol. The van der Waals surface area contributed by atoms with E-state index in [1.54, 1.807) is 18.8 Å². The maximum absolute atomic E-state index is 5.55. The van der Waals surface area contributed by atoms with E-state index in [0.717, 1.165) is 8.35 Å². The van der Waals surface area contributed by atoms with E-state index in [2.05, 4.69) is 99.5 Å². The van der Waals surface area contributed by atoms with Gasteiger partial charge in [-0.2, -0.15) is 0 Å². The Hall–Kier alpha value is 2.69. The summed E-state index contributed by atoms with van der Waals surface area (Å²) in [5.74, 6) is 0. The van der Waals surface area contributed by atoms with Gasteiger partial charge in [0.15, 0.2) is 0 Å². The van der Waals surface area contributed by atoms with Crippen molar-refractivity contribution >= 4 is 66.9 Å². The van der Waals surface area contributed by atoms with Gasteiger partial charge in [-0.1, -0.05) is 80.8 Å². The van der Waals surface area contributed by atoms with Crippen LogP contribution in [0.2, 0.25) is 39.3 Å². The molecule has 0 aromatic carbocycles. The van der Waals surface area contributed by atoms with E-state index in [1.165, 1.54) is 37.0 Å². The molecule has 0 saturated heterocycles. The third kappa shape index (κ3) is 25.0. The third-order valence-corrected chi connectivity index (χ3v) is 20.7. The topological polar surface area (TPSA) is 3.24 Å². The van der Waals surface area contributed by atoms with Gasteiger partial charge < -0.3 is 20.9 Å². The van der Waals surface area contributed by atoms with Gasteiger partial charge in [0.05, 0.1) is 0 Å². The summed E-state index contributed by atoms with van der Waals surface area (Å²) >= 11 is 7.16. The van der Waals surface area contributed by atoms with E-state index < -0.39 is 16.5 Å². The molecule has 0 saturated carbocycles. The van der Waals surface area contributed by atoms with Crippen molar-refractivity contribution in [1.29, 1.82) is 0 Å². The fourth-order valence-electron chi connectivity index (χ4n) is 2.69. The molecular formula is C19H48Cl2NP3PtSi2. The number of hydrogen-bond acceptors (Lipinski definition) is 1. The van der Waals surface area contributed by atoms with Crippen LogP contribution in [0.1, 0.15) is 41.5 Å². The second kappa shape index (κ2) is 24.3. The van der Waals surface area contributed by atoms with Crippen LogP contribution < -0.4 is 0 Å². The van der Waals surface area contributed by atoms with Crippen molar-refractivity contribution < 1.29 is 18.8 Å². The number of nitrogens with zero attached hydrogens (tertiary/aromatic N) is 1. The van der Waals surface area contributed by atoms with Gasteiger partial charge in [0.1, 0.15) is 16.5 Å². The van der Waals surface area contributed by atoms with E-state index >= 15 is 0 Å². The molecule has 1 nitrogen and oxygen atoms in total. The van der Waals surface area contributed by atoms with Crippen molar-refractivity contribution in [2.24, 2.45) is 0 Å². The quantitative estimate of drug-likeness (QED) is 0.131. The molecule has 0 bridgehead atoms. The Balaban J connectivity index is -0.000000156. The van der Waals surface area contributed by atoms with Crippen LogP contribution in [0.15, 0.2) is 0 Å². The van der Waals surface area contributed by atoms with Crippen molar-refractivity contribution in [3.8, 4) is 0 Å². The van der Waals surface area contributed by atoms with Gasteiger partial charge in [-0.25, -0.2) is 8.35 Å². The van der Waals surface area contributed by atoms with Gasteiger partial charge in [-0.05, 0) is 37.0 Å².